The van der Waals surface area contributed by atoms with E-state index in [1.165, 1.54) is 21.5 Å². The summed E-state index contributed by atoms with van der Waals surface area (Å²) in [6.45, 7) is 2.19. The summed E-state index contributed by atoms with van der Waals surface area (Å²) in [5.74, 6) is 0. The lowest BCUT2D eigenvalue weighted by atomic mass is 10.0. The van der Waals surface area contributed by atoms with Gasteiger partial charge in [0.1, 0.15) is 0 Å². The van der Waals surface area contributed by atoms with Crippen molar-refractivity contribution in [3.05, 3.63) is 156 Å². The molecule has 0 amide bonds. The Hall–Kier alpha value is -3.87. The van der Waals surface area contributed by atoms with Gasteiger partial charge in [0.05, 0.1) is 17.4 Å². The first-order valence-corrected chi connectivity index (χ1v) is 13.2. The van der Waals surface area contributed by atoms with Gasteiger partial charge in [-0.2, -0.15) is 0 Å². The third-order valence-electron chi connectivity index (χ3n) is 5.93. The van der Waals surface area contributed by atoms with Crippen molar-refractivity contribution in [2.24, 2.45) is 4.99 Å². The van der Waals surface area contributed by atoms with Crippen LogP contribution in [0.2, 0.25) is 0 Å². The summed E-state index contributed by atoms with van der Waals surface area (Å²) in [5.41, 5.74) is 4.12. The summed E-state index contributed by atoms with van der Waals surface area (Å²) >= 11 is 0. The van der Waals surface area contributed by atoms with E-state index < -0.39 is 7.92 Å². The number of nitrogens with zero attached hydrogens (tertiary/aromatic N) is 2. The van der Waals surface area contributed by atoms with E-state index in [-0.39, 0.29) is 6.04 Å². The van der Waals surface area contributed by atoms with E-state index in [4.69, 9.17) is 4.99 Å². The van der Waals surface area contributed by atoms with Crippen molar-refractivity contribution in [3.8, 4) is 0 Å². The lowest BCUT2D eigenvalue weighted by Gasteiger charge is -2.24. The third-order valence-corrected chi connectivity index (χ3v) is 8.45. The Balaban J connectivity index is 1.64. The van der Waals surface area contributed by atoms with Gasteiger partial charge in [-0.3, -0.25) is 9.98 Å². The zero-order valence-corrected chi connectivity index (χ0v) is 20.6. The maximum atomic E-state index is 5.28. The molecule has 2 nitrogen and oxygen atoms in total. The summed E-state index contributed by atoms with van der Waals surface area (Å²) in [6.07, 6.45) is 1.83. The molecule has 5 aromatic rings. The van der Waals surface area contributed by atoms with Gasteiger partial charge in [-0.1, -0.05) is 121 Å². The highest BCUT2D eigenvalue weighted by atomic mass is 31.1. The summed E-state index contributed by atoms with van der Waals surface area (Å²) < 4.78 is 0. The van der Waals surface area contributed by atoms with E-state index in [0.717, 1.165) is 17.0 Å². The molecule has 35 heavy (non-hydrogen) atoms. The molecule has 4 aromatic carbocycles. The zero-order valence-electron chi connectivity index (χ0n) is 19.7. The Labute approximate surface area is 208 Å². The minimum absolute atomic E-state index is 0.0409. The quantitative estimate of drug-likeness (QED) is 0.199. The van der Waals surface area contributed by atoms with Crippen LogP contribution in [-0.4, -0.2) is 10.7 Å². The number of pyridine rings is 1. The molecule has 5 rings (SSSR count). The fourth-order valence-corrected chi connectivity index (χ4v) is 6.83. The maximum Gasteiger partial charge on any atom is 0.0910 e. The first kappa shape index (κ1) is 22.9. The topological polar surface area (TPSA) is 25.2 Å². The van der Waals surface area contributed by atoms with Crippen LogP contribution in [0.4, 0.5) is 0 Å². The van der Waals surface area contributed by atoms with Crippen LogP contribution in [-0.2, 0) is 0 Å². The molecule has 1 aromatic heterocycles. The predicted molar refractivity (Wildman–Crippen MR) is 150 cm³/mol. The van der Waals surface area contributed by atoms with Crippen molar-refractivity contribution in [2.75, 3.05) is 0 Å². The van der Waals surface area contributed by atoms with Crippen LogP contribution in [0.15, 0.2) is 145 Å². The van der Waals surface area contributed by atoms with E-state index in [1.54, 1.807) is 0 Å². The number of aliphatic imine (C=N–C) groups is 1. The van der Waals surface area contributed by atoms with Crippen LogP contribution in [0, 0.1) is 0 Å². The summed E-state index contributed by atoms with van der Waals surface area (Å²) in [5, 5.41) is 4.01. The van der Waals surface area contributed by atoms with E-state index in [0.29, 0.717) is 0 Å². The molecule has 0 N–H and O–H groups in total. The normalized spacial score (nSPS) is 12.5. The predicted octanol–water partition coefficient (Wildman–Crippen LogP) is 6.44. The first-order chi connectivity index (χ1) is 17.3. The Bertz CT molecular complexity index is 1300. The van der Waals surface area contributed by atoms with Crippen LogP contribution >= 0.6 is 7.92 Å². The van der Waals surface area contributed by atoms with E-state index in [1.807, 2.05) is 30.5 Å². The Morgan fingerprint density at radius 2 is 1.17 bits per heavy atom. The molecule has 0 spiro atoms. The molecule has 0 unspecified atom stereocenters. The molecule has 1 heterocycles. The highest BCUT2D eigenvalue weighted by Crippen LogP contribution is 2.36. The average molecular weight is 471 g/mol. The molecule has 0 aliphatic heterocycles. The van der Waals surface area contributed by atoms with E-state index in [9.17, 15) is 0 Å². The SMILES string of the molecule is C[C@@H](N=C(c1ccccc1)c1ccccn1)c1ccccc1P(c1ccccc1)c1ccccc1. The van der Waals surface area contributed by atoms with Gasteiger partial charge < -0.3 is 0 Å². The summed E-state index contributed by atoms with van der Waals surface area (Å²) in [6, 6.07) is 46.7. The number of benzene rings is 4. The van der Waals surface area contributed by atoms with Gasteiger partial charge in [0.25, 0.3) is 0 Å². The van der Waals surface area contributed by atoms with E-state index in [2.05, 4.69) is 121 Å². The van der Waals surface area contributed by atoms with Crippen LogP contribution in [0.1, 0.15) is 29.8 Å². The first-order valence-electron chi connectivity index (χ1n) is 11.8. The number of hydrogen-bond donors (Lipinski definition) is 0. The molecule has 0 aliphatic carbocycles. The molecule has 170 valence electrons. The van der Waals surface area contributed by atoms with Crippen molar-refractivity contribution >= 4 is 29.5 Å². The van der Waals surface area contributed by atoms with Gasteiger partial charge in [0.2, 0.25) is 0 Å². The van der Waals surface area contributed by atoms with Gasteiger partial charge in [-0.05, 0) is 48.5 Å². The molecule has 3 heteroatoms. The van der Waals surface area contributed by atoms with Crippen molar-refractivity contribution in [2.45, 2.75) is 13.0 Å². The lowest BCUT2D eigenvalue weighted by Crippen LogP contribution is -2.24. The minimum Gasteiger partial charge on any atom is -0.275 e. The summed E-state index contributed by atoms with van der Waals surface area (Å²) in [7, 11) is -0.718. The van der Waals surface area contributed by atoms with Crippen LogP contribution in [0.25, 0.3) is 0 Å². The molecular formula is C32H27N2P. The molecule has 0 saturated carbocycles. The highest BCUT2D eigenvalue weighted by molar-refractivity contribution is 7.79. The monoisotopic (exact) mass is 470 g/mol. The second-order valence-electron chi connectivity index (χ2n) is 8.30. The Morgan fingerprint density at radius 3 is 1.77 bits per heavy atom. The van der Waals surface area contributed by atoms with Crippen molar-refractivity contribution < 1.29 is 0 Å². The fourth-order valence-electron chi connectivity index (χ4n) is 4.28. The van der Waals surface area contributed by atoms with Gasteiger partial charge in [0, 0.05) is 11.8 Å². The maximum absolute atomic E-state index is 5.28. The molecule has 0 saturated heterocycles. The summed E-state index contributed by atoms with van der Waals surface area (Å²) in [4.78, 5) is 9.91. The molecule has 0 radical (unpaired) electrons. The van der Waals surface area contributed by atoms with Gasteiger partial charge in [-0.25, -0.2) is 0 Å². The second-order valence-corrected chi connectivity index (χ2v) is 10.5. The smallest absolute Gasteiger partial charge is 0.0910 e. The molecule has 0 aliphatic rings. The van der Waals surface area contributed by atoms with Crippen molar-refractivity contribution in [1.29, 1.82) is 0 Å². The molecular weight excluding hydrogens is 443 g/mol. The third kappa shape index (κ3) is 5.29. The average Bonchev–Trinajstić information content (AvgIpc) is 2.94. The van der Waals surface area contributed by atoms with Gasteiger partial charge in [0.15, 0.2) is 0 Å². The molecule has 1 atom stereocenters. The standard InChI is InChI=1S/C32H27N2P/c1-25(34-32(26-15-5-2-6-16-26)30-22-13-14-24-33-30)29-21-11-12-23-31(29)35(27-17-7-3-8-18-27)28-19-9-4-10-20-28/h2-25H,1H3/t25-/m1/s1. The van der Waals surface area contributed by atoms with Crippen LogP contribution in [0.5, 0.6) is 0 Å². The van der Waals surface area contributed by atoms with Crippen LogP contribution in [0.3, 0.4) is 0 Å². The highest BCUT2D eigenvalue weighted by Gasteiger charge is 2.22. The lowest BCUT2D eigenvalue weighted by molar-refractivity contribution is 0.826. The zero-order chi connectivity index (χ0) is 23.9. The van der Waals surface area contributed by atoms with Crippen LogP contribution < -0.4 is 15.9 Å². The van der Waals surface area contributed by atoms with Crippen molar-refractivity contribution in [1.82, 2.24) is 4.98 Å². The van der Waals surface area contributed by atoms with Gasteiger partial charge in [-0.15, -0.1) is 0 Å². The van der Waals surface area contributed by atoms with E-state index >= 15 is 0 Å². The number of rotatable bonds is 7. The minimum atomic E-state index is -0.718. The molecule has 0 fully saturated rings. The molecule has 0 bridgehead atoms. The Morgan fingerprint density at radius 1 is 0.629 bits per heavy atom. The fraction of sp³-hybridized carbons (Fsp3) is 0.0625. The van der Waals surface area contributed by atoms with Crippen molar-refractivity contribution in [3.63, 3.8) is 0 Å². The number of hydrogen-bond acceptors (Lipinski definition) is 2. The largest absolute Gasteiger partial charge is 0.275 e. The second kappa shape index (κ2) is 11.0. The van der Waals surface area contributed by atoms with Gasteiger partial charge >= 0.3 is 0 Å². The Kier molecular flexibility index (Phi) is 7.22. The number of aromatic nitrogens is 1.